The van der Waals surface area contributed by atoms with Crippen LogP contribution in [0.5, 0.6) is 0 Å². The molecule has 1 unspecified atom stereocenters. The first kappa shape index (κ1) is 12.7. The van der Waals surface area contributed by atoms with E-state index in [-0.39, 0.29) is 0 Å². The second kappa shape index (κ2) is 5.64. The summed E-state index contributed by atoms with van der Waals surface area (Å²) in [6, 6.07) is 8.54. The molecule has 0 fully saturated rings. The standard InChI is InChI=1S/C15H22N/c1-6-12(3)15(16(5)7-2)14-11-9-8-10-13(14)4/h7-12H,2,6H2,1,3-5H3/q+1. The molecular formula is C15H22N+. The molecule has 1 heteroatoms. The third-order valence-electron chi connectivity index (χ3n) is 3.15. The predicted molar refractivity (Wildman–Crippen MR) is 71.1 cm³/mol. The molecule has 0 bridgehead atoms. The van der Waals surface area contributed by atoms with Gasteiger partial charge in [0.15, 0.2) is 11.9 Å². The highest BCUT2D eigenvalue weighted by atomic mass is 15.0. The Balaban J connectivity index is 3.34. The van der Waals surface area contributed by atoms with Gasteiger partial charge < -0.3 is 0 Å². The van der Waals surface area contributed by atoms with Crippen molar-refractivity contribution in [3.63, 3.8) is 0 Å². The highest BCUT2D eigenvalue weighted by Crippen LogP contribution is 2.16. The van der Waals surface area contributed by atoms with Gasteiger partial charge in [0.1, 0.15) is 7.05 Å². The van der Waals surface area contributed by atoms with Crippen LogP contribution in [-0.4, -0.2) is 17.3 Å². The predicted octanol–water partition coefficient (Wildman–Crippen LogP) is 3.62. The Morgan fingerprint density at radius 3 is 2.56 bits per heavy atom. The lowest BCUT2D eigenvalue weighted by atomic mass is 9.93. The summed E-state index contributed by atoms with van der Waals surface area (Å²) in [4.78, 5) is 0. The molecular weight excluding hydrogens is 194 g/mol. The molecule has 0 aromatic heterocycles. The van der Waals surface area contributed by atoms with Crippen molar-refractivity contribution < 1.29 is 4.58 Å². The van der Waals surface area contributed by atoms with Crippen molar-refractivity contribution in [1.29, 1.82) is 0 Å². The average Bonchev–Trinajstić information content (AvgIpc) is 2.31. The quantitative estimate of drug-likeness (QED) is 0.534. The van der Waals surface area contributed by atoms with E-state index >= 15 is 0 Å². The maximum atomic E-state index is 3.86. The van der Waals surface area contributed by atoms with Crippen molar-refractivity contribution in [2.75, 3.05) is 7.05 Å². The van der Waals surface area contributed by atoms with Crippen LogP contribution in [0.4, 0.5) is 0 Å². The van der Waals surface area contributed by atoms with E-state index in [0.29, 0.717) is 5.92 Å². The van der Waals surface area contributed by atoms with E-state index in [9.17, 15) is 0 Å². The topological polar surface area (TPSA) is 3.01 Å². The van der Waals surface area contributed by atoms with Gasteiger partial charge >= 0.3 is 0 Å². The second-order valence-corrected chi connectivity index (χ2v) is 4.30. The maximum Gasteiger partial charge on any atom is 0.191 e. The fraction of sp³-hybridized carbons (Fsp3) is 0.400. The molecule has 0 saturated heterocycles. The molecule has 16 heavy (non-hydrogen) atoms. The fourth-order valence-corrected chi connectivity index (χ4v) is 1.96. The summed E-state index contributed by atoms with van der Waals surface area (Å²) >= 11 is 0. The minimum Gasteiger partial charge on any atom is -0.205 e. The monoisotopic (exact) mass is 216 g/mol. The van der Waals surface area contributed by atoms with Gasteiger partial charge in [-0.2, -0.15) is 0 Å². The van der Waals surface area contributed by atoms with Crippen molar-refractivity contribution in [2.24, 2.45) is 5.92 Å². The van der Waals surface area contributed by atoms with Gasteiger partial charge in [0.2, 0.25) is 0 Å². The lowest BCUT2D eigenvalue weighted by molar-refractivity contribution is -0.423. The van der Waals surface area contributed by atoms with E-state index in [1.807, 2.05) is 6.20 Å². The van der Waals surface area contributed by atoms with Crippen LogP contribution in [0.15, 0.2) is 37.0 Å². The fourth-order valence-electron chi connectivity index (χ4n) is 1.96. The normalized spacial score (nSPS) is 14.2. The number of benzene rings is 1. The van der Waals surface area contributed by atoms with Crippen molar-refractivity contribution in [3.05, 3.63) is 48.2 Å². The molecule has 1 rings (SSSR count). The number of aryl methyl sites for hydroxylation is 1. The molecule has 0 radical (unpaired) electrons. The first-order chi connectivity index (χ1) is 7.61. The molecule has 1 atom stereocenters. The van der Waals surface area contributed by atoms with E-state index in [2.05, 4.69) is 63.2 Å². The first-order valence-electron chi connectivity index (χ1n) is 5.90. The minimum absolute atomic E-state index is 0.545. The highest BCUT2D eigenvalue weighted by Gasteiger charge is 2.20. The van der Waals surface area contributed by atoms with Crippen LogP contribution in [0.1, 0.15) is 31.4 Å². The van der Waals surface area contributed by atoms with Crippen LogP contribution in [0.2, 0.25) is 0 Å². The van der Waals surface area contributed by atoms with Crippen molar-refractivity contribution in [3.8, 4) is 0 Å². The SMILES string of the molecule is C=C[N+](C)=C(c1ccccc1C)C(C)CC. The van der Waals surface area contributed by atoms with E-state index in [0.717, 1.165) is 6.42 Å². The minimum atomic E-state index is 0.545. The summed E-state index contributed by atoms with van der Waals surface area (Å²) in [5, 5.41) is 0. The molecule has 1 aromatic rings. The molecule has 0 heterocycles. The smallest absolute Gasteiger partial charge is 0.191 e. The molecule has 1 nitrogen and oxygen atoms in total. The summed E-state index contributed by atoms with van der Waals surface area (Å²) in [7, 11) is 2.07. The van der Waals surface area contributed by atoms with Gasteiger partial charge in [-0.25, -0.2) is 4.58 Å². The van der Waals surface area contributed by atoms with E-state index in [1.165, 1.54) is 16.8 Å². The molecule has 0 aliphatic heterocycles. The van der Waals surface area contributed by atoms with Gasteiger partial charge in [0, 0.05) is 11.5 Å². The lowest BCUT2D eigenvalue weighted by Gasteiger charge is -2.12. The Morgan fingerprint density at radius 1 is 1.44 bits per heavy atom. The Labute approximate surface area is 99.1 Å². The van der Waals surface area contributed by atoms with Crippen molar-refractivity contribution >= 4 is 5.71 Å². The third-order valence-corrected chi connectivity index (χ3v) is 3.15. The van der Waals surface area contributed by atoms with Crippen LogP contribution in [0.3, 0.4) is 0 Å². The number of nitrogens with zero attached hydrogens (tertiary/aromatic N) is 1. The molecule has 86 valence electrons. The molecule has 1 aromatic carbocycles. The maximum absolute atomic E-state index is 3.86. The van der Waals surface area contributed by atoms with E-state index < -0.39 is 0 Å². The van der Waals surface area contributed by atoms with Gasteiger partial charge in [0.25, 0.3) is 0 Å². The van der Waals surface area contributed by atoms with Crippen LogP contribution in [0, 0.1) is 12.8 Å². The third kappa shape index (κ3) is 2.60. The Kier molecular flexibility index (Phi) is 4.48. The van der Waals surface area contributed by atoms with Gasteiger partial charge in [-0.3, -0.25) is 0 Å². The van der Waals surface area contributed by atoms with Crippen LogP contribution in [-0.2, 0) is 0 Å². The molecule has 0 amide bonds. The average molecular weight is 216 g/mol. The molecule has 0 saturated carbocycles. The van der Waals surface area contributed by atoms with E-state index in [1.54, 1.807) is 0 Å². The largest absolute Gasteiger partial charge is 0.205 e. The zero-order chi connectivity index (χ0) is 12.1. The molecule has 0 aliphatic carbocycles. The van der Waals surface area contributed by atoms with Gasteiger partial charge in [-0.05, 0) is 31.6 Å². The van der Waals surface area contributed by atoms with Crippen LogP contribution in [0.25, 0.3) is 0 Å². The van der Waals surface area contributed by atoms with Gasteiger partial charge in [-0.1, -0.05) is 32.0 Å². The second-order valence-electron chi connectivity index (χ2n) is 4.30. The van der Waals surface area contributed by atoms with Crippen LogP contribution < -0.4 is 0 Å². The highest BCUT2D eigenvalue weighted by molar-refractivity contribution is 5.99. The van der Waals surface area contributed by atoms with Crippen molar-refractivity contribution in [1.82, 2.24) is 0 Å². The zero-order valence-electron chi connectivity index (χ0n) is 10.8. The molecule has 0 N–H and O–H groups in total. The summed E-state index contributed by atoms with van der Waals surface area (Å²) in [5.41, 5.74) is 4.02. The summed E-state index contributed by atoms with van der Waals surface area (Å²) in [6.07, 6.45) is 3.02. The Hall–Kier alpha value is -1.37. The first-order valence-corrected chi connectivity index (χ1v) is 5.90. The Bertz CT molecular complexity index is 402. The van der Waals surface area contributed by atoms with E-state index in [4.69, 9.17) is 0 Å². The lowest BCUT2D eigenvalue weighted by Crippen LogP contribution is -2.22. The van der Waals surface area contributed by atoms with Gasteiger partial charge in [0.05, 0.1) is 0 Å². The number of hydrogen-bond acceptors (Lipinski definition) is 0. The number of hydrogen-bond donors (Lipinski definition) is 0. The van der Waals surface area contributed by atoms with Gasteiger partial charge in [-0.15, -0.1) is 0 Å². The summed E-state index contributed by atoms with van der Waals surface area (Å²) in [6.45, 7) is 10.5. The van der Waals surface area contributed by atoms with Crippen LogP contribution >= 0.6 is 0 Å². The zero-order valence-corrected chi connectivity index (χ0v) is 10.8. The molecule has 0 spiro atoms. The summed E-state index contributed by atoms with van der Waals surface area (Å²) < 4.78 is 2.14. The summed E-state index contributed by atoms with van der Waals surface area (Å²) in [5.74, 6) is 0.545. The Morgan fingerprint density at radius 2 is 2.06 bits per heavy atom. The number of rotatable bonds is 4. The van der Waals surface area contributed by atoms with Crippen molar-refractivity contribution in [2.45, 2.75) is 27.2 Å². The molecule has 0 aliphatic rings.